The van der Waals surface area contributed by atoms with Gasteiger partial charge in [-0.15, -0.1) is 0 Å². The molecule has 1 fully saturated rings. The molecule has 2 aromatic carbocycles. The van der Waals surface area contributed by atoms with Gasteiger partial charge in [0, 0.05) is 43.1 Å². The van der Waals surface area contributed by atoms with Crippen molar-refractivity contribution in [3.63, 3.8) is 0 Å². The maximum Gasteiger partial charge on any atom is 0.221 e. The van der Waals surface area contributed by atoms with Gasteiger partial charge in [-0.05, 0) is 37.5 Å². The van der Waals surface area contributed by atoms with E-state index in [1.165, 1.54) is 10.4 Å². The Kier molecular flexibility index (Phi) is 5.51. The molecule has 0 spiro atoms. The Labute approximate surface area is 188 Å². The molecule has 2 unspecified atom stereocenters. The molecule has 1 saturated heterocycles. The molecule has 0 radical (unpaired) electrons. The Morgan fingerprint density at radius 3 is 2.69 bits per heavy atom. The van der Waals surface area contributed by atoms with Crippen LogP contribution in [-0.4, -0.2) is 34.9 Å². The van der Waals surface area contributed by atoms with Gasteiger partial charge in [-0.3, -0.25) is 0 Å². The van der Waals surface area contributed by atoms with Crippen molar-refractivity contribution in [1.82, 2.24) is 13.9 Å². The zero-order valence-corrected chi connectivity index (χ0v) is 18.9. The third-order valence-corrected chi connectivity index (χ3v) is 9.06. The summed E-state index contributed by atoms with van der Waals surface area (Å²) in [6, 6.07) is 14.3. The molecule has 0 amide bonds. The summed E-state index contributed by atoms with van der Waals surface area (Å²) in [6.07, 6.45) is 4.98. The molecule has 0 saturated carbocycles. The summed E-state index contributed by atoms with van der Waals surface area (Å²) in [7, 11) is -3.59. The highest BCUT2D eigenvalue weighted by molar-refractivity contribution is 7.89. The van der Waals surface area contributed by atoms with Crippen LogP contribution in [0.25, 0.3) is 0 Å². The van der Waals surface area contributed by atoms with Gasteiger partial charge in [0.25, 0.3) is 0 Å². The number of hydrogen-bond acceptors (Lipinski definition) is 4. The Morgan fingerprint density at radius 1 is 1.09 bits per heavy atom. The Balaban J connectivity index is 1.37. The van der Waals surface area contributed by atoms with Crippen molar-refractivity contribution in [2.24, 2.45) is 0 Å². The van der Waals surface area contributed by atoms with E-state index in [-0.39, 0.29) is 18.4 Å². The van der Waals surface area contributed by atoms with Crippen LogP contribution in [0.3, 0.4) is 0 Å². The average molecular weight is 455 g/mol. The van der Waals surface area contributed by atoms with Gasteiger partial charge in [0.15, 0.2) is 0 Å². The minimum atomic E-state index is -3.59. The first-order valence-corrected chi connectivity index (χ1v) is 12.5. The lowest BCUT2D eigenvalue weighted by atomic mass is 10.0. The SMILES string of the molecule is CC1CCC(c2ccccc2)S(=O)(=O)N1Cc1ccc(N2CCn3cncc3C2)cc1F. The number of anilines is 1. The zero-order valence-electron chi connectivity index (χ0n) is 18.1. The minimum absolute atomic E-state index is 0.0473. The predicted octanol–water partition coefficient (Wildman–Crippen LogP) is 4.10. The van der Waals surface area contributed by atoms with Gasteiger partial charge in [-0.25, -0.2) is 17.8 Å². The molecule has 1 aromatic heterocycles. The lowest BCUT2D eigenvalue weighted by Crippen LogP contribution is -2.44. The van der Waals surface area contributed by atoms with E-state index >= 15 is 4.39 Å². The number of imidazole rings is 1. The van der Waals surface area contributed by atoms with E-state index in [2.05, 4.69) is 14.5 Å². The predicted molar refractivity (Wildman–Crippen MR) is 122 cm³/mol. The van der Waals surface area contributed by atoms with E-state index < -0.39 is 15.3 Å². The molecule has 2 aliphatic rings. The van der Waals surface area contributed by atoms with E-state index in [1.807, 2.05) is 55.8 Å². The van der Waals surface area contributed by atoms with Gasteiger partial charge >= 0.3 is 0 Å². The topological polar surface area (TPSA) is 58.4 Å². The third-order valence-electron chi connectivity index (χ3n) is 6.69. The second-order valence-electron chi connectivity index (χ2n) is 8.69. The molecule has 0 N–H and O–H groups in total. The van der Waals surface area contributed by atoms with Crippen molar-refractivity contribution in [3.8, 4) is 0 Å². The number of hydrogen-bond donors (Lipinski definition) is 0. The molecule has 5 rings (SSSR count). The van der Waals surface area contributed by atoms with Crippen molar-refractivity contribution in [2.75, 3.05) is 11.4 Å². The number of fused-ring (bicyclic) bond motifs is 1. The third kappa shape index (κ3) is 3.82. The largest absolute Gasteiger partial charge is 0.364 e. The molecule has 0 aliphatic carbocycles. The number of rotatable bonds is 4. The first-order chi connectivity index (χ1) is 15.4. The van der Waals surface area contributed by atoms with Crippen molar-refractivity contribution in [1.29, 1.82) is 0 Å². The number of sulfonamides is 1. The summed E-state index contributed by atoms with van der Waals surface area (Å²) in [5, 5.41) is -0.583. The lowest BCUT2D eigenvalue weighted by molar-refractivity contribution is 0.279. The summed E-state index contributed by atoms with van der Waals surface area (Å²) in [4.78, 5) is 6.30. The van der Waals surface area contributed by atoms with E-state index in [9.17, 15) is 8.42 Å². The van der Waals surface area contributed by atoms with Crippen LogP contribution in [0, 0.1) is 5.82 Å². The molecule has 0 bridgehead atoms. The fourth-order valence-electron chi connectivity index (χ4n) is 4.79. The molecule has 32 heavy (non-hydrogen) atoms. The van der Waals surface area contributed by atoms with Gasteiger partial charge in [0.2, 0.25) is 10.0 Å². The van der Waals surface area contributed by atoms with Crippen molar-refractivity contribution in [2.45, 2.75) is 50.7 Å². The number of nitrogens with zero attached hydrogens (tertiary/aromatic N) is 4. The molecule has 168 valence electrons. The van der Waals surface area contributed by atoms with E-state index in [0.29, 0.717) is 18.5 Å². The first kappa shape index (κ1) is 21.2. The maximum atomic E-state index is 15.1. The Bertz CT molecular complexity index is 1210. The Morgan fingerprint density at radius 2 is 1.91 bits per heavy atom. The number of aromatic nitrogens is 2. The zero-order chi connectivity index (χ0) is 22.3. The van der Waals surface area contributed by atoms with E-state index in [4.69, 9.17) is 0 Å². The molecule has 3 heterocycles. The van der Waals surface area contributed by atoms with Crippen molar-refractivity contribution < 1.29 is 12.8 Å². The molecule has 2 atom stereocenters. The first-order valence-electron chi connectivity index (χ1n) is 11.0. The van der Waals surface area contributed by atoms with Crippen LogP contribution in [0.1, 0.15) is 41.8 Å². The smallest absolute Gasteiger partial charge is 0.221 e. The highest BCUT2D eigenvalue weighted by Crippen LogP contribution is 2.38. The molecule has 2 aliphatic heterocycles. The van der Waals surface area contributed by atoms with Crippen molar-refractivity contribution in [3.05, 3.63) is 83.7 Å². The molecular formula is C24H27FN4O2S. The van der Waals surface area contributed by atoms with E-state index in [1.54, 1.807) is 6.07 Å². The van der Waals surface area contributed by atoms with Gasteiger partial charge in [0.05, 0.1) is 18.6 Å². The Hall–Kier alpha value is -2.71. The molecule has 3 aromatic rings. The summed E-state index contributed by atoms with van der Waals surface area (Å²) < 4.78 is 45.6. The number of benzene rings is 2. The van der Waals surface area contributed by atoms with Crippen LogP contribution < -0.4 is 4.90 Å². The second-order valence-corrected chi connectivity index (χ2v) is 10.8. The minimum Gasteiger partial charge on any atom is -0.364 e. The summed E-state index contributed by atoms with van der Waals surface area (Å²) >= 11 is 0. The molecular weight excluding hydrogens is 427 g/mol. The van der Waals surface area contributed by atoms with Crippen molar-refractivity contribution >= 4 is 15.7 Å². The maximum absolute atomic E-state index is 15.1. The fraction of sp³-hybridized carbons (Fsp3) is 0.375. The quantitative estimate of drug-likeness (QED) is 0.596. The van der Waals surface area contributed by atoms with Gasteiger partial charge in [0.1, 0.15) is 11.1 Å². The van der Waals surface area contributed by atoms with Gasteiger partial charge in [-0.1, -0.05) is 36.4 Å². The van der Waals surface area contributed by atoms with Crippen LogP contribution >= 0.6 is 0 Å². The summed E-state index contributed by atoms with van der Waals surface area (Å²) in [5.41, 5.74) is 3.10. The van der Waals surface area contributed by atoms with Crippen LogP contribution in [0.2, 0.25) is 0 Å². The summed E-state index contributed by atoms with van der Waals surface area (Å²) in [6.45, 7) is 4.21. The highest BCUT2D eigenvalue weighted by atomic mass is 32.2. The summed E-state index contributed by atoms with van der Waals surface area (Å²) in [5.74, 6) is -0.370. The monoisotopic (exact) mass is 454 g/mol. The van der Waals surface area contributed by atoms with Gasteiger partial charge in [-0.2, -0.15) is 4.31 Å². The van der Waals surface area contributed by atoms with Gasteiger partial charge < -0.3 is 9.47 Å². The van der Waals surface area contributed by atoms with Crippen LogP contribution in [0.4, 0.5) is 10.1 Å². The van der Waals surface area contributed by atoms with Crippen LogP contribution in [-0.2, 0) is 29.7 Å². The fourth-order valence-corrected chi connectivity index (χ4v) is 6.97. The highest BCUT2D eigenvalue weighted by Gasteiger charge is 2.40. The van der Waals surface area contributed by atoms with Crippen LogP contribution in [0.5, 0.6) is 0 Å². The average Bonchev–Trinajstić information content (AvgIpc) is 3.26. The number of halogens is 1. The molecule has 6 nitrogen and oxygen atoms in total. The van der Waals surface area contributed by atoms with E-state index in [0.717, 1.165) is 36.5 Å². The normalized spacial score (nSPS) is 23.1. The second kappa shape index (κ2) is 8.33. The molecule has 8 heteroatoms. The lowest BCUT2D eigenvalue weighted by Gasteiger charge is -2.37. The van der Waals surface area contributed by atoms with Crippen LogP contribution in [0.15, 0.2) is 61.1 Å². The standard InChI is InChI=1S/C24H27FN4O2S/c1-18-7-10-24(19-5-3-2-4-6-19)32(30,31)29(18)15-20-8-9-21(13-23(20)25)27-11-12-28-17-26-14-22(28)16-27/h2-6,8-9,13-14,17-18,24H,7,10-12,15-16H2,1H3.